The molecule has 3 nitrogen and oxygen atoms in total. The van der Waals surface area contributed by atoms with Gasteiger partial charge in [-0.3, -0.25) is 0 Å². The first kappa shape index (κ1) is 14.4. The van der Waals surface area contributed by atoms with Gasteiger partial charge in [-0.05, 0) is 56.6 Å². The minimum absolute atomic E-state index is 0.227. The monoisotopic (exact) mass is 287 g/mol. The Kier molecular flexibility index (Phi) is 4.47. The highest BCUT2D eigenvalue weighted by Gasteiger charge is 2.34. The van der Waals surface area contributed by atoms with Crippen LogP contribution in [0.3, 0.4) is 0 Å². The third-order valence-electron chi connectivity index (χ3n) is 4.79. The van der Waals surface area contributed by atoms with Crippen LogP contribution in [0.5, 0.6) is 0 Å². The number of hydrogen-bond acceptors (Lipinski definition) is 3. The summed E-state index contributed by atoms with van der Waals surface area (Å²) in [6.07, 6.45) is 8.01. The van der Waals surface area contributed by atoms with Crippen molar-refractivity contribution >= 4 is 11.7 Å². The number of anilines is 1. The van der Waals surface area contributed by atoms with E-state index in [-0.39, 0.29) is 5.97 Å². The van der Waals surface area contributed by atoms with Gasteiger partial charge < -0.3 is 10.1 Å². The van der Waals surface area contributed by atoms with E-state index in [0.29, 0.717) is 18.2 Å². The van der Waals surface area contributed by atoms with E-state index in [4.69, 9.17) is 4.74 Å². The van der Waals surface area contributed by atoms with Gasteiger partial charge in [0.05, 0.1) is 12.2 Å². The zero-order valence-electron chi connectivity index (χ0n) is 12.8. The van der Waals surface area contributed by atoms with Crippen LogP contribution in [0.2, 0.25) is 0 Å². The number of carbonyl (C=O) groups is 1. The van der Waals surface area contributed by atoms with Crippen LogP contribution in [0.25, 0.3) is 0 Å². The highest BCUT2D eigenvalue weighted by molar-refractivity contribution is 5.95. The van der Waals surface area contributed by atoms with Crippen LogP contribution >= 0.6 is 0 Å². The topological polar surface area (TPSA) is 38.3 Å². The third kappa shape index (κ3) is 3.58. The summed E-state index contributed by atoms with van der Waals surface area (Å²) < 4.78 is 5.15. The van der Waals surface area contributed by atoms with Gasteiger partial charge in [-0.1, -0.05) is 25.0 Å². The molecule has 1 aromatic rings. The van der Waals surface area contributed by atoms with Crippen LogP contribution in [0.4, 0.5) is 5.69 Å². The van der Waals surface area contributed by atoms with Crippen molar-refractivity contribution in [2.45, 2.75) is 51.5 Å². The van der Waals surface area contributed by atoms with Crippen molar-refractivity contribution in [3.8, 4) is 0 Å². The normalized spacial score (nSPS) is 25.4. The van der Waals surface area contributed by atoms with Gasteiger partial charge in [0.1, 0.15) is 0 Å². The van der Waals surface area contributed by atoms with E-state index in [1.807, 2.05) is 31.2 Å². The average molecular weight is 287 g/mol. The van der Waals surface area contributed by atoms with E-state index in [0.717, 1.165) is 17.5 Å². The first-order valence-corrected chi connectivity index (χ1v) is 8.30. The Morgan fingerprint density at radius 2 is 2.00 bits per heavy atom. The minimum Gasteiger partial charge on any atom is -0.462 e. The number of ether oxygens (including phenoxy) is 1. The Balaban J connectivity index is 1.67. The SMILES string of the molecule is CCOC(=O)c1ccccc1NC1CCCC(C2CC2)C1. The van der Waals surface area contributed by atoms with Gasteiger partial charge in [0.25, 0.3) is 0 Å². The van der Waals surface area contributed by atoms with Crippen LogP contribution in [0.15, 0.2) is 24.3 Å². The molecule has 2 saturated carbocycles. The number of benzene rings is 1. The summed E-state index contributed by atoms with van der Waals surface area (Å²) in [5.41, 5.74) is 1.59. The highest BCUT2D eigenvalue weighted by atomic mass is 16.5. The molecular weight excluding hydrogens is 262 g/mol. The molecular formula is C18H25NO2. The predicted octanol–water partition coefficient (Wildman–Crippen LogP) is 4.24. The van der Waals surface area contributed by atoms with Gasteiger partial charge in [-0.25, -0.2) is 4.79 Å². The second-order valence-corrected chi connectivity index (χ2v) is 6.37. The van der Waals surface area contributed by atoms with Gasteiger partial charge in [0, 0.05) is 11.7 Å². The van der Waals surface area contributed by atoms with E-state index in [2.05, 4.69) is 5.32 Å². The Morgan fingerprint density at radius 3 is 2.76 bits per heavy atom. The molecule has 1 N–H and O–H groups in total. The van der Waals surface area contributed by atoms with Crippen LogP contribution in [-0.4, -0.2) is 18.6 Å². The van der Waals surface area contributed by atoms with Crippen molar-refractivity contribution in [1.29, 1.82) is 0 Å². The number of rotatable bonds is 5. The van der Waals surface area contributed by atoms with E-state index >= 15 is 0 Å². The first-order valence-electron chi connectivity index (χ1n) is 8.30. The van der Waals surface area contributed by atoms with Crippen molar-refractivity contribution in [3.05, 3.63) is 29.8 Å². The number of hydrogen-bond donors (Lipinski definition) is 1. The quantitative estimate of drug-likeness (QED) is 0.823. The fourth-order valence-electron chi connectivity index (χ4n) is 3.57. The van der Waals surface area contributed by atoms with E-state index in [9.17, 15) is 4.79 Å². The smallest absolute Gasteiger partial charge is 0.340 e. The molecule has 1 aromatic carbocycles. The molecule has 3 rings (SSSR count). The lowest BCUT2D eigenvalue weighted by atomic mass is 9.82. The van der Waals surface area contributed by atoms with E-state index in [1.165, 1.54) is 38.5 Å². The highest BCUT2D eigenvalue weighted by Crippen LogP contribution is 2.44. The lowest BCUT2D eigenvalue weighted by molar-refractivity contribution is 0.0527. The van der Waals surface area contributed by atoms with Gasteiger partial charge in [0.15, 0.2) is 0 Å². The first-order chi connectivity index (χ1) is 10.3. The zero-order valence-corrected chi connectivity index (χ0v) is 12.8. The molecule has 21 heavy (non-hydrogen) atoms. The molecule has 0 aliphatic heterocycles. The maximum atomic E-state index is 12.0. The fraction of sp³-hybridized carbons (Fsp3) is 0.611. The predicted molar refractivity (Wildman–Crippen MR) is 84.5 cm³/mol. The second-order valence-electron chi connectivity index (χ2n) is 6.37. The summed E-state index contributed by atoms with van der Waals surface area (Å²) >= 11 is 0. The van der Waals surface area contributed by atoms with Crippen LogP contribution in [0, 0.1) is 11.8 Å². The molecule has 3 heteroatoms. The van der Waals surface area contributed by atoms with Crippen molar-refractivity contribution < 1.29 is 9.53 Å². The zero-order chi connectivity index (χ0) is 14.7. The van der Waals surface area contributed by atoms with Crippen molar-refractivity contribution in [2.75, 3.05) is 11.9 Å². The van der Waals surface area contributed by atoms with Gasteiger partial charge >= 0.3 is 5.97 Å². The lowest BCUT2D eigenvalue weighted by Gasteiger charge is -2.31. The Bertz CT molecular complexity index is 496. The maximum Gasteiger partial charge on any atom is 0.340 e. The lowest BCUT2D eigenvalue weighted by Crippen LogP contribution is -2.29. The summed E-state index contributed by atoms with van der Waals surface area (Å²) in [5, 5.41) is 3.60. The molecule has 0 saturated heterocycles. The number of esters is 1. The largest absolute Gasteiger partial charge is 0.462 e. The van der Waals surface area contributed by atoms with Crippen LogP contribution in [0.1, 0.15) is 55.8 Å². The maximum absolute atomic E-state index is 12.0. The third-order valence-corrected chi connectivity index (χ3v) is 4.79. The summed E-state index contributed by atoms with van der Waals surface area (Å²) in [6, 6.07) is 8.21. The van der Waals surface area contributed by atoms with Gasteiger partial charge in [-0.2, -0.15) is 0 Å². The van der Waals surface area contributed by atoms with E-state index < -0.39 is 0 Å². The average Bonchev–Trinajstić information content (AvgIpc) is 3.33. The second kappa shape index (κ2) is 6.50. The number of para-hydroxylation sites is 1. The molecule has 0 aromatic heterocycles. The molecule has 0 bridgehead atoms. The van der Waals surface area contributed by atoms with Gasteiger partial charge in [0.2, 0.25) is 0 Å². The van der Waals surface area contributed by atoms with E-state index in [1.54, 1.807) is 0 Å². The molecule has 2 atom stereocenters. The standard InChI is InChI=1S/C18H25NO2/c1-2-21-18(20)16-8-3-4-9-17(16)19-15-7-5-6-14(12-15)13-10-11-13/h3-4,8-9,13-15,19H,2,5-7,10-12H2,1H3. The molecule has 2 fully saturated rings. The molecule has 2 unspecified atom stereocenters. The molecule has 2 aliphatic rings. The molecule has 0 radical (unpaired) electrons. The van der Waals surface area contributed by atoms with Crippen LogP contribution in [-0.2, 0) is 4.74 Å². The molecule has 0 heterocycles. The minimum atomic E-state index is -0.227. The summed E-state index contributed by atoms with van der Waals surface area (Å²) in [7, 11) is 0. The molecule has 114 valence electrons. The van der Waals surface area contributed by atoms with Crippen LogP contribution < -0.4 is 5.32 Å². The Hall–Kier alpha value is -1.51. The summed E-state index contributed by atoms with van der Waals surface area (Å²) in [6.45, 7) is 2.26. The summed E-state index contributed by atoms with van der Waals surface area (Å²) in [5.74, 6) is 1.65. The fourth-order valence-corrected chi connectivity index (χ4v) is 3.57. The molecule has 0 spiro atoms. The van der Waals surface area contributed by atoms with Crippen molar-refractivity contribution in [2.24, 2.45) is 11.8 Å². The molecule has 2 aliphatic carbocycles. The number of nitrogens with one attached hydrogen (secondary N) is 1. The summed E-state index contributed by atoms with van der Waals surface area (Å²) in [4.78, 5) is 12.0. The Labute approximate surface area is 127 Å². The van der Waals surface area contributed by atoms with Crippen molar-refractivity contribution in [3.63, 3.8) is 0 Å². The Morgan fingerprint density at radius 1 is 1.19 bits per heavy atom. The van der Waals surface area contributed by atoms with Gasteiger partial charge in [-0.15, -0.1) is 0 Å². The number of carbonyl (C=O) groups excluding carboxylic acids is 1. The van der Waals surface area contributed by atoms with Crippen molar-refractivity contribution in [1.82, 2.24) is 0 Å². The molecule has 0 amide bonds.